The summed E-state index contributed by atoms with van der Waals surface area (Å²) in [5.74, 6) is 1.57. The van der Waals surface area contributed by atoms with Gasteiger partial charge in [-0.3, -0.25) is 0 Å². The van der Waals surface area contributed by atoms with Crippen LogP contribution in [0.1, 0.15) is 32.8 Å². The molecule has 0 atom stereocenters. The van der Waals surface area contributed by atoms with Gasteiger partial charge in [0, 0.05) is 6.07 Å². The highest BCUT2D eigenvalue weighted by Gasteiger charge is 2.17. The van der Waals surface area contributed by atoms with Gasteiger partial charge in [-0.1, -0.05) is 32.9 Å². The third kappa shape index (κ3) is 3.45. The van der Waals surface area contributed by atoms with Gasteiger partial charge in [-0.05, 0) is 35.6 Å². The Balaban J connectivity index is 2.17. The Hall–Kier alpha value is -2.23. The molecule has 112 valence electrons. The molecule has 4 heteroatoms. The van der Waals surface area contributed by atoms with Crippen LogP contribution >= 0.6 is 0 Å². The SMILES string of the molecule is CCC(C)(C)c1ccc(Oc2ccc(N)c(OC)n2)cc1. The van der Waals surface area contributed by atoms with Crippen molar-refractivity contribution < 1.29 is 9.47 Å². The number of nitrogens with two attached hydrogens (primary N) is 1. The van der Waals surface area contributed by atoms with Crippen molar-refractivity contribution in [3.8, 4) is 17.5 Å². The van der Waals surface area contributed by atoms with E-state index in [1.165, 1.54) is 12.7 Å². The standard InChI is InChI=1S/C17H22N2O2/c1-5-17(2,3)12-6-8-13(9-7-12)21-15-11-10-14(18)16(19-15)20-4/h6-11H,5,18H2,1-4H3. The predicted molar refractivity (Wildman–Crippen MR) is 85.0 cm³/mol. The van der Waals surface area contributed by atoms with Crippen LogP contribution in [0.4, 0.5) is 5.69 Å². The molecule has 0 bridgehead atoms. The maximum Gasteiger partial charge on any atom is 0.240 e. The Labute approximate surface area is 125 Å². The third-order valence-electron chi connectivity index (χ3n) is 3.80. The first-order chi connectivity index (χ1) is 9.96. The number of anilines is 1. The van der Waals surface area contributed by atoms with Crippen LogP contribution in [0, 0.1) is 0 Å². The Bertz CT molecular complexity index is 607. The van der Waals surface area contributed by atoms with Gasteiger partial charge in [0.2, 0.25) is 11.8 Å². The normalized spacial score (nSPS) is 11.2. The summed E-state index contributed by atoms with van der Waals surface area (Å²) < 4.78 is 10.8. The number of nitrogens with zero attached hydrogens (tertiary/aromatic N) is 1. The maximum absolute atomic E-state index is 5.73. The molecule has 2 N–H and O–H groups in total. The quantitative estimate of drug-likeness (QED) is 0.897. The Morgan fingerprint density at radius 1 is 1.10 bits per heavy atom. The average molecular weight is 286 g/mol. The largest absolute Gasteiger partial charge is 0.479 e. The van der Waals surface area contributed by atoms with Gasteiger partial charge in [0.1, 0.15) is 5.75 Å². The third-order valence-corrected chi connectivity index (χ3v) is 3.80. The molecule has 0 aliphatic heterocycles. The van der Waals surface area contributed by atoms with Crippen molar-refractivity contribution in [3.05, 3.63) is 42.0 Å². The highest BCUT2D eigenvalue weighted by molar-refractivity contribution is 5.49. The van der Waals surface area contributed by atoms with Crippen molar-refractivity contribution in [3.63, 3.8) is 0 Å². The summed E-state index contributed by atoms with van der Waals surface area (Å²) >= 11 is 0. The predicted octanol–water partition coefficient (Wildman–Crippen LogP) is 4.15. The average Bonchev–Trinajstić information content (AvgIpc) is 2.49. The molecule has 4 nitrogen and oxygen atoms in total. The lowest BCUT2D eigenvalue weighted by atomic mass is 9.82. The zero-order valence-electron chi connectivity index (χ0n) is 13.0. The minimum atomic E-state index is 0.168. The molecule has 2 aromatic rings. The zero-order valence-corrected chi connectivity index (χ0v) is 13.0. The summed E-state index contributed by atoms with van der Waals surface area (Å²) in [5.41, 5.74) is 7.68. The molecular formula is C17H22N2O2. The van der Waals surface area contributed by atoms with E-state index >= 15 is 0 Å². The number of hydrogen-bond donors (Lipinski definition) is 1. The summed E-state index contributed by atoms with van der Waals surface area (Å²) in [5, 5.41) is 0. The first-order valence-electron chi connectivity index (χ1n) is 7.05. The van der Waals surface area contributed by atoms with E-state index in [1.807, 2.05) is 12.1 Å². The highest BCUT2D eigenvalue weighted by Crippen LogP contribution is 2.30. The molecule has 2 rings (SSSR count). The molecule has 1 heterocycles. The molecule has 1 aromatic heterocycles. The molecule has 0 radical (unpaired) electrons. The number of ether oxygens (including phenoxy) is 2. The van der Waals surface area contributed by atoms with Gasteiger partial charge in [0.05, 0.1) is 12.8 Å². The molecule has 21 heavy (non-hydrogen) atoms. The summed E-state index contributed by atoms with van der Waals surface area (Å²) in [6.07, 6.45) is 1.09. The number of aromatic nitrogens is 1. The van der Waals surface area contributed by atoms with Crippen molar-refractivity contribution in [2.75, 3.05) is 12.8 Å². The van der Waals surface area contributed by atoms with E-state index < -0.39 is 0 Å². The Kier molecular flexibility index (Phi) is 4.36. The van der Waals surface area contributed by atoms with Gasteiger partial charge in [0.15, 0.2) is 0 Å². The minimum absolute atomic E-state index is 0.168. The molecule has 0 amide bonds. The van der Waals surface area contributed by atoms with Crippen molar-refractivity contribution >= 4 is 5.69 Å². The summed E-state index contributed by atoms with van der Waals surface area (Å²) in [7, 11) is 1.53. The summed E-state index contributed by atoms with van der Waals surface area (Å²) in [4.78, 5) is 4.20. The molecule has 1 aromatic carbocycles. The van der Waals surface area contributed by atoms with E-state index in [0.29, 0.717) is 17.4 Å². The maximum atomic E-state index is 5.73. The van der Waals surface area contributed by atoms with Gasteiger partial charge in [-0.25, -0.2) is 0 Å². The first-order valence-corrected chi connectivity index (χ1v) is 7.05. The molecule has 0 saturated carbocycles. The van der Waals surface area contributed by atoms with E-state index in [9.17, 15) is 0 Å². The van der Waals surface area contributed by atoms with Gasteiger partial charge in [-0.15, -0.1) is 0 Å². The zero-order chi connectivity index (χ0) is 15.5. The number of nitrogen functional groups attached to an aromatic ring is 1. The van der Waals surface area contributed by atoms with E-state index in [4.69, 9.17) is 15.2 Å². The van der Waals surface area contributed by atoms with E-state index in [2.05, 4.69) is 37.9 Å². The van der Waals surface area contributed by atoms with Gasteiger partial charge in [-0.2, -0.15) is 4.98 Å². The van der Waals surface area contributed by atoms with Crippen LogP contribution in [-0.2, 0) is 5.41 Å². The molecule has 0 saturated heterocycles. The highest BCUT2D eigenvalue weighted by atomic mass is 16.5. The lowest BCUT2D eigenvalue weighted by molar-refractivity contribution is 0.385. The van der Waals surface area contributed by atoms with Crippen LogP contribution in [-0.4, -0.2) is 12.1 Å². The fraction of sp³-hybridized carbons (Fsp3) is 0.353. The Morgan fingerprint density at radius 2 is 1.76 bits per heavy atom. The van der Waals surface area contributed by atoms with Crippen LogP contribution in [0.5, 0.6) is 17.5 Å². The number of hydrogen-bond acceptors (Lipinski definition) is 4. The van der Waals surface area contributed by atoms with Crippen LogP contribution < -0.4 is 15.2 Å². The van der Waals surface area contributed by atoms with Gasteiger partial charge >= 0.3 is 0 Å². The lowest BCUT2D eigenvalue weighted by Crippen LogP contribution is -2.14. The molecular weight excluding hydrogens is 264 g/mol. The monoisotopic (exact) mass is 286 g/mol. The molecule has 0 unspecified atom stereocenters. The van der Waals surface area contributed by atoms with Crippen LogP contribution in [0.3, 0.4) is 0 Å². The summed E-state index contributed by atoms with van der Waals surface area (Å²) in [6, 6.07) is 11.5. The van der Waals surface area contributed by atoms with E-state index in [0.717, 1.165) is 12.2 Å². The second-order valence-corrected chi connectivity index (χ2v) is 5.61. The van der Waals surface area contributed by atoms with Crippen LogP contribution in [0.15, 0.2) is 36.4 Å². The Morgan fingerprint density at radius 3 is 2.33 bits per heavy atom. The van der Waals surface area contributed by atoms with Crippen molar-refractivity contribution in [1.82, 2.24) is 4.98 Å². The number of benzene rings is 1. The van der Waals surface area contributed by atoms with Crippen molar-refractivity contribution in [1.29, 1.82) is 0 Å². The molecule has 0 aliphatic carbocycles. The topological polar surface area (TPSA) is 57.4 Å². The van der Waals surface area contributed by atoms with Crippen molar-refractivity contribution in [2.45, 2.75) is 32.6 Å². The fourth-order valence-electron chi connectivity index (χ4n) is 1.95. The second-order valence-electron chi connectivity index (χ2n) is 5.61. The van der Waals surface area contributed by atoms with Gasteiger partial charge in [0.25, 0.3) is 0 Å². The molecule has 0 spiro atoms. The molecule has 0 fully saturated rings. The van der Waals surface area contributed by atoms with Crippen molar-refractivity contribution in [2.24, 2.45) is 0 Å². The number of methoxy groups -OCH3 is 1. The summed E-state index contributed by atoms with van der Waals surface area (Å²) in [6.45, 7) is 6.65. The fourth-order valence-corrected chi connectivity index (χ4v) is 1.95. The van der Waals surface area contributed by atoms with E-state index in [1.54, 1.807) is 12.1 Å². The second kappa shape index (κ2) is 6.04. The first kappa shape index (κ1) is 15.2. The van der Waals surface area contributed by atoms with Crippen LogP contribution in [0.25, 0.3) is 0 Å². The van der Waals surface area contributed by atoms with Gasteiger partial charge < -0.3 is 15.2 Å². The molecule has 0 aliphatic rings. The minimum Gasteiger partial charge on any atom is -0.479 e. The smallest absolute Gasteiger partial charge is 0.240 e. The lowest BCUT2D eigenvalue weighted by Gasteiger charge is -2.23. The van der Waals surface area contributed by atoms with E-state index in [-0.39, 0.29) is 5.41 Å². The number of rotatable bonds is 5. The van der Waals surface area contributed by atoms with Crippen LogP contribution in [0.2, 0.25) is 0 Å². The number of pyridine rings is 1.